The predicted molar refractivity (Wildman–Crippen MR) is 137 cm³/mol. The second kappa shape index (κ2) is 20.0. The molecule has 10 heteroatoms. The number of nitrogens with zero attached hydrogens (tertiary/aromatic N) is 3. The Hall–Kier alpha value is -2.06. The molecule has 3 fully saturated rings. The first-order chi connectivity index (χ1) is 17.1. The second-order valence-electron chi connectivity index (χ2n) is 9.96. The van der Waals surface area contributed by atoms with Gasteiger partial charge in [0.25, 0.3) is 0 Å². The van der Waals surface area contributed by atoms with Gasteiger partial charge in [0, 0.05) is 56.3 Å². The zero-order chi connectivity index (χ0) is 26.9. The van der Waals surface area contributed by atoms with E-state index in [0.29, 0.717) is 0 Å². The van der Waals surface area contributed by atoms with Crippen LogP contribution < -0.4 is 0 Å². The first-order valence-corrected chi connectivity index (χ1v) is 13.4. The summed E-state index contributed by atoms with van der Waals surface area (Å²) in [5, 5.41) is 0. The molecule has 3 amide bonds. The van der Waals surface area contributed by atoms with Crippen LogP contribution in [0, 0.1) is 0 Å². The third-order valence-electron chi connectivity index (χ3n) is 6.33. The van der Waals surface area contributed by atoms with Crippen LogP contribution in [0.4, 0.5) is 0 Å². The van der Waals surface area contributed by atoms with Gasteiger partial charge in [-0.15, -0.1) is 0 Å². The topological polar surface area (TPSA) is 112 Å². The van der Waals surface area contributed by atoms with Crippen molar-refractivity contribution in [2.45, 2.75) is 97.8 Å². The molecular formula is C27H45FeN3O6. The second-order valence-corrected chi connectivity index (χ2v) is 9.96. The van der Waals surface area contributed by atoms with Crippen LogP contribution in [0.3, 0.4) is 0 Å². The van der Waals surface area contributed by atoms with Gasteiger partial charge in [-0.25, -0.2) is 0 Å². The van der Waals surface area contributed by atoms with Crippen molar-refractivity contribution in [3.63, 3.8) is 0 Å². The van der Waals surface area contributed by atoms with E-state index in [9.17, 15) is 28.8 Å². The Balaban J connectivity index is 0.000000518. The summed E-state index contributed by atoms with van der Waals surface area (Å²) in [5.41, 5.74) is 0. The van der Waals surface area contributed by atoms with E-state index in [1.807, 2.05) is 0 Å². The number of hydrogen-bond acceptors (Lipinski definition) is 6. The van der Waals surface area contributed by atoms with E-state index >= 15 is 0 Å². The van der Waals surface area contributed by atoms with Gasteiger partial charge < -0.3 is 14.7 Å². The summed E-state index contributed by atoms with van der Waals surface area (Å²) in [6.45, 7) is 9.42. The molecule has 9 nitrogen and oxygen atoms in total. The van der Waals surface area contributed by atoms with Crippen LogP contribution in [0.15, 0.2) is 0 Å². The van der Waals surface area contributed by atoms with E-state index < -0.39 is 0 Å². The summed E-state index contributed by atoms with van der Waals surface area (Å²) in [7, 11) is 0. The summed E-state index contributed by atoms with van der Waals surface area (Å²) >= 11 is 0. The summed E-state index contributed by atoms with van der Waals surface area (Å²) in [6.07, 6.45) is 10.4. The summed E-state index contributed by atoms with van der Waals surface area (Å²) < 4.78 is 0. The molecule has 0 unspecified atom stereocenters. The van der Waals surface area contributed by atoms with Crippen LogP contribution in [0.1, 0.15) is 97.8 Å². The van der Waals surface area contributed by atoms with Crippen molar-refractivity contribution < 1.29 is 45.8 Å². The molecule has 0 saturated carbocycles. The number of hydrogen-bond donors (Lipinski definition) is 0. The van der Waals surface area contributed by atoms with Gasteiger partial charge in [-0.05, 0) is 78.6 Å². The van der Waals surface area contributed by atoms with Crippen LogP contribution in [0.5, 0.6) is 0 Å². The van der Waals surface area contributed by atoms with Gasteiger partial charge >= 0.3 is 0 Å². The molecule has 212 valence electrons. The third kappa shape index (κ3) is 16.4. The molecule has 0 aliphatic carbocycles. The molecule has 0 bridgehead atoms. The van der Waals surface area contributed by atoms with Crippen molar-refractivity contribution in [2.75, 3.05) is 39.3 Å². The molecule has 0 spiro atoms. The monoisotopic (exact) mass is 563 g/mol. The number of carbonyl (C=O) groups excluding carboxylic acids is 6. The van der Waals surface area contributed by atoms with Gasteiger partial charge in [-0.2, -0.15) is 0 Å². The molecule has 0 aromatic rings. The van der Waals surface area contributed by atoms with Crippen LogP contribution in [0.25, 0.3) is 0 Å². The first kappa shape index (κ1) is 34.9. The molecule has 0 aromatic carbocycles. The Morgan fingerprint density at radius 3 is 0.757 bits per heavy atom. The predicted octanol–water partition coefficient (Wildman–Crippen LogP) is 2.93. The number of Topliss-reactive ketones (excluding diaryl/α,β-unsaturated/α-hetero) is 3. The largest absolute Gasteiger partial charge is 0.342 e. The molecule has 3 heterocycles. The van der Waals surface area contributed by atoms with Crippen molar-refractivity contribution in [2.24, 2.45) is 0 Å². The molecule has 0 aromatic heterocycles. The van der Waals surface area contributed by atoms with E-state index in [4.69, 9.17) is 0 Å². The number of likely N-dealkylation sites (tertiary alicyclic amines) is 3. The number of amides is 3. The normalized spacial score (nSPS) is 17.1. The number of carbonyl (C=O) groups is 6. The standard InChI is InChI=1S/3C9H15NO2.Fe/c3*1-8(11)7-9(12)10-5-3-2-4-6-10;/h3*2-7H2,1H3;. The first-order valence-electron chi connectivity index (χ1n) is 13.4. The van der Waals surface area contributed by atoms with Gasteiger partial charge in [0.15, 0.2) is 0 Å². The van der Waals surface area contributed by atoms with Crippen LogP contribution >= 0.6 is 0 Å². The fourth-order valence-corrected chi connectivity index (χ4v) is 4.40. The Kier molecular flexibility index (Phi) is 18.9. The van der Waals surface area contributed by atoms with Crippen molar-refractivity contribution in [1.82, 2.24) is 14.7 Å². The summed E-state index contributed by atoms with van der Waals surface area (Å²) in [6, 6.07) is 0. The van der Waals surface area contributed by atoms with Crippen LogP contribution in [-0.2, 0) is 45.8 Å². The zero-order valence-corrected chi connectivity index (χ0v) is 24.0. The van der Waals surface area contributed by atoms with E-state index in [2.05, 4.69) is 0 Å². The maximum atomic E-state index is 11.3. The van der Waals surface area contributed by atoms with Gasteiger partial charge in [-0.1, -0.05) is 0 Å². The Labute approximate surface area is 232 Å². The molecule has 0 N–H and O–H groups in total. The average Bonchev–Trinajstić information content (AvgIpc) is 2.85. The maximum absolute atomic E-state index is 11.3. The molecule has 3 aliphatic rings. The smallest absolute Gasteiger partial charge is 0.230 e. The van der Waals surface area contributed by atoms with Gasteiger partial charge in [0.05, 0.1) is 19.3 Å². The molecule has 3 aliphatic heterocycles. The minimum atomic E-state index is -0.0365. The minimum absolute atomic E-state index is 0. The van der Waals surface area contributed by atoms with E-state index in [1.165, 1.54) is 40.0 Å². The molecule has 3 saturated heterocycles. The van der Waals surface area contributed by atoms with Gasteiger partial charge in [0.2, 0.25) is 17.7 Å². The van der Waals surface area contributed by atoms with Crippen molar-refractivity contribution >= 4 is 35.1 Å². The fourth-order valence-electron chi connectivity index (χ4n) is 4.40. The minimum Gasteiger partial charge on any atom is -0.342 e. The van der Waals surface area contributed by atoms with E-state index in [1.54, 1.807) is 14.7 Å². The average molecular weight is 564 g/mol. The number of rotatable bonds is 6. The summed E-state index contributed by atoms with van der Waals surface area (Å²) in [4.78, 5) is 71.3. The van der Waals surface area contributed by atoms with Crippen LogP contribution in [0.2, 0.25) is 0 Å². The Morgan fingerprint density at radius 2 is 0.595 bits per heavy atom. The van der Waals surface area contributed by atoms with Gasteiger partial charge in [0.1, 0.15) is 17.3 Å². The quantitative estimate of drug-likeness (QED) is 0.363. The van der Waals surface area contributed by atoms with Crippen molar-refractivity contribution in [1.29, 1.82) is 0 Å². The maximum Gasteiger partial charge on any atom is 0.230 e. The van der Waals surface area contributed by atoms with Gasteiger partial charge in [-0.3, -0.25) is 28.8 Å². The molecule has 3 rings (SSSR count). The molecule has 0 atom stereocenters. The van der Waals surface area contributed by atoms with E-state index in [0.717, 1.165) is 77.8 Å². The van der Waals surface area contributed by atoms with E-state index in [-0.39, 0.29) is 71.4 Å². The SMILES string of the molecule is CC(=O)CC(=O)N1CCCCC1.CC(=O)CC(=O)N1CCCCC1.CC(=O)CC(=O)N1CCCCC1.[Fe]. The van der Waals surface area contributed by atoms with Crippen molar-refractivity contribution in [3.05, 3.63) is 0 Å². The zero-order valence-electron chi connectivity index (χ0n) is 22.9. The van der Waals surface area contributed by atoms with Crippen LogP contribution in [-0.4, -0.2) is 89.0 Å². The molecular weight excluding hydrogens is 518 g/mol. The Morgan fingerprint density at radius 1 is 0.405 bits per heavy atom. The molecule has 37 heavy (non-hydrogen) atoms. The van der Waals surface area contributed by atoms with Crippen molar-refractivity contribution in [3.8, 4) is 0 Å². The third-order valence-corrected chi connectivity index (χ3v) is 6.33. The molecule has 0 radical (unpaired) electrons. The fraction of sp³-hybridized carbons (Fsp3) is 0.778. The number of piperidine rings is 3. The Bertz CT molecular complexity index is 655. The number of ketones is 3. The summed E-state index contributed by atoms with van der Waals surface area (Å²) in [5.74, 6) is -0.103.